The molecule has 1 aromatic carbocycles. The van der Waals surface area contributed by atoms with Gasteiger partial charge in [0.2, 0.25) is 5.75 Å². The number of unbranched alkanes of at least 4 members (excludes halogenated alkanes) is 5. The zero-order valence-corrected chi connectivity index (χ0v) is 13.7. The smallest absolute Gasteiger partial charge is 0.338 e. The second-order valence-electron chi connectivity index (χ2n) is 5.13. The molecule has 0 aromatic heterocycles. The maximum atomic E-state index is 12.0. The summed E-state index contributed by atoms with van der Waals surface area (Å²) in [6, 6.07) is 2.89. The van der Waals surface area contributed by atoms with E-state index < -0.39 is 5.97 Å². The van der Waals surface area contributed by atoms with Crippen molar-refractivity contribution < 1.29 is 24.1 Å². The minimum absolute atomic E-state index is 0.127. The first-order chi connectivity index (χ1) is 10.6. The monoisotopic (exact) mass is 310 g/mol. The Labute approximate surface area is 132 Å². The highest BCUT2D eigenvalue weighted by molar-refractivity contribution is 5.91. The van der Waals surface area contributed by atoms with Crippen LogP contribution in [0.5, 0.6) is 17.2 Å². The van der Waals surface area contributed by atoms with Crippen molar-refractivity contribution in [3.63, 3.8) is 0 Å². The average molecular weight is 310 g/mol. The van der Waals surface area contributed by atoms with Gasteiger partial charge in [-0.15, -0.1) is 0 Å². The number of methoxy groups -OCH3 is 2. The fraction of sp³-hybridized carbons (Fsp3) is 0.588. The Morgan fingerprint density at radius 1 is 1.00 bits per heavy atom. The van der Waals surface area contributed by atoms with Gasteiger partial charge >= 0.3 is 5.97 Å². The molecule has 0 spiro atoms. The van der Waals surface area contributed by atoms with Crippen molar-refractivity contribution in [2.24, 2.45) is 0 Å². The summed E-state index contributed by atoms with van der Waals surface area (Å²) in [4.78, 5) is 12.0. The number of phenols is 1. The van der Waals surface area contributed by atoms with Gasteiger partial charge in [0.05, 0.1) is 26.4 Å². The van der Waals surface area contributed by atoms with E-state index in [2.05, 4.69) is 6.92 Å². The van der Waals surface area contributed by atoms with Crippen LogP contribution in [0.1, 0.15) is 55.8 Å². The summed E-state index contributed by atoms with van der Waals surface area (Å²) in [5, 5.41) is 9.81. The molecule has 0 atom stereocenters. The molecule has 5 nitrogen and oxygen atoms in total. The number of carbonyl (C=O) groups is 1. The predicted octanol–water partition coefficient (Wildman–Crippen LogP) is 3.93. The van der Waals surface area contributed by atoms with Crippen LogP contribution < -0.4 is 9.47 Å². The van der Waals surface area contributed by atoms with Gasteiger partial charge in [-0.2, -0.15) is 0 Å². The van der Waals surface area contributed by atoms with E-state index in [4.69, 9.17) is 14.2 Å². The van der Waals surface area contributed by atoms with Crippen molar-refractivity contribution in [1.82, 2.24) is 0 Å². The van der Waals surface area contributed by atoms with Crippen LogP contribution in [0.2, 0.25) is 0 Å². The van der Waals surface area contributed by atoms with E-state index >= 15 is 0 Å². The van der Waals surface area contributed by atoms with Crippen LogP contribution >= 0.6 is 0 Å². The van der Waals surface area contributed by atoms with Crippen molar-refractivity contribution in [1.29, 1.82) is 0 Å². The normalized spacial score (nSPS) is 10.3. The molecule has 0 aliphatic rings. The molecule has 0 saturated carbocycles. The lowest BCUT2D eigenvalue weighted by molar-refractivity contribution is 0.0497. The number of hydrogen-bond donors (Lipinski definition) is 1. The summed E-state index contributed by atoms with van der Waals surface area (Å²) >= 11 is 0. The number of rotatable bonds is 10. The molecule has 1 rings (SSSR count). The molecule has 0 heterocycles. The quantitative estimate of drug-likeness (QED) is 0.524. The minimum atomic E-state index is -0.440. The molecule has 0 aliphatic heterocycles. The number of ether oxygens (including phenoxy) is 3. The molecule has 22 heavy (non-hydrogen) atoms. The molecule has 1 N–H and O–H groups in total. The Hall–Kier alpha value is -1.91. The molecule has 0 amide bonds. The highest BCUT2D eigenvalue weighted by atomic mass is 16.5. The molecule has 124 valence electrons. The first kappa shape index (κ1) is 18.1. The van der Waals surface area contributed by atoms with Crippen molar-refractivity contribution in [2.45, 2.75) is 45.4 Å². The number of hydrogen-bond acceptors (Lipinski definition) is 5. The van der Waals surface area contributed by atoms with Gasteiger partial charge in [0.15, 0.2) is 11.5 Å². The summed E-state index contributed by atoms with van der Waals surface area (Å²) in [6.45, 7) is 2.58. The van der Waals surface area contributed by atoms with Gasteiger partial charge in [-0.3, -0.25) is 0 Å². The van der Waals surface area contributed by atoms with Gasteiger partial charge in [0, 0.05) is 0 Å². The standard InChI is InChI=1S/C17H26O5/c1-4-5-6-7-8-9-10-22-17(19)13-11-14(20-2)16(18)15(12-13)21-3/h11-12,18H,4-10H2,1-3H3. The molecular weight excluding hydrogens is 284 g/mol. The Kier molecular flexibility index (Phi) is 8.18. The zero-order chi connectivity index (χ0) is 16.4. The molecule has 0 bridgehead atoms. The minimum Gasteiger partial charge on any atom is -0.502 e. The third-order valence-corrected chi connectivity index (χ3v) is 3.45. The van der Waals surface area contributed by atoms with Gasteiger partial charge in [0.25, 0.3) is 0 Å². The van der Waals surface area contributed by atoms with Crippen LogP contribution in [0.3, 0.4) is 0 Å². The average Bonchev–Trinajstić information content (AvgIpc) is 2.54. The summed E-state index contributed by atoms with van der Waals surface area (Å²) in [5.74, 6) is -0.195. The van der Waals surface area contributed by atoms with Gasteiger partial charge in [-0.1, -0.05) is 39.0 Å². The van der Waals surface area contributed by atoms with Gasteiger partial charge in [0.1, 0.15) is 0 Å². The molecular formula is C17H26O5. The van der Waals surface area contributed by atoms with Crippen LogP contribution in [0.25, 0.3) is 0 Å². The van der Waals surface area contributed by atoms with E-state index in [0.29, 0.717) is 12.2 Å². The topological polar surface area (TPSA) is 65.0 Å². The van der Waals surface area contributed by atoms with E-state index in [1.165, 1.54) is 52.0 Å². The van der Waals surface area contributed by atoms with E-state index in [1.54, 1.807) is 0 Å². The van der Waals surface area contributed by atoms with Crippen LogP contribution in [-0.4, -0.2) is 31.9 Å². The number of benzene rings is 1. The van der Waals surface area contributed by atoms with E-state index in [-0.39, 0.29) is 17.2 Å². The summed E-state index contributed by atoms with van der Waals surface area (Å²) in [7, 11) is 2.83. The Morgan fingerprint density at radius 3 is 2.09 bits per heavy atom. The van der Waals surface area contributed by atoms with Gasteiger partial charge < -0.3 is 19.3 Å². The highest BCUT2D eigenvalue weighted by Gasteiger charge is 2.16. The third-order valence-electron chi connectivity index (χ3n) is 3.45. The van der Waals surface area contributed by atoms with Crippen molar-refractivity contribution in [2.75, 3.05) is 20.8 Å². The fourth-order valence-corrected chi connectivity index (χ4v) is 2.14. The highest BCUT2D eigenvalue weighted by Crippen LogP contribution is 2.37. The molecule has 5 heteroatoms. The van der Waals surface area contributed by atoms with Crippen LogP contribution in [0.15, 0.2) is 12.1 Å². The first-order valence-electron chi connectivity index (χ1n) is 7.76. The Balaban J connectivity index is 2.48. The van der Waals surface area contributed by atoms with Crippen molar-refractivity contribution in [3.05, 3.63) is 17.7 Å². The number of phenolic OH excluding ortho intramolecular Hbond substituents is 1. The number of esters is 1. The van der Waals surface area contributed by atoms with Crippen LogP contribution in [0, 0.1) is 0 Å². The lowest BCUT2D eigenvalue weighted by Gasteiger charge is -2.11. The Bertz CT molecular complexity index is 445. The van der Waals surface area contributed by atoms with Crippen LogP contribution in [0.4, 0.5) is 0 Å². The number of carbonyl (C=O) groups excluding carboxylic acids is 1. The third kappa shape index (κ3) is 5.47. The fourth-order valence-electron chi connectivity index (χ4n) is 2.14. The maximum Gasteiger partial charge on any atom is 0.338 e. The van der Waals surface area contributed by atoms with Crippen molar-refractivity contribution in [3.8, 4) is 17.2 Å². The molecule has 0 saturated heterocycles. The molecule has 1 aromatic rings. The summed E-state index contributed by atoms with van der Waals surface area (Å²) in [6.07, 6.45) is 6.81. The number of aromatic hydroxyl groups is 1. The van der Waals surface area contributed by atoms with Crippen LogP contribution in [-0.2, 0) is 4.74 Å². The summed E-state index contributed by atoms with van der Waals surface area (Å²) < 4.78 is 15.3. The summed E-state index contributed by atoms with van der Waals surface area (Å²) in [5.41, 5.74) is 0.303. The zero-order valence-electron chi connectivity index (χ0n) is 13.7. The van der Waals surface area contributed by atoms with E-state index in [0.717, 1.165) is 12.8 Å². The van der Waals surface area contributed by atoms with Gasteiger partial charge in [-0.05, 0) is 18.6 Å². The molecule has 0 unspecified atom stereocenters. The largest absolute Gasteiger partial charge is 0.502 e. The van der Waals surface area contributed by atoms with E-state index in [9.17, 15) is 9.90 Å². The first-order valence-corrected chi connectivity index (χ1v) is 7.76. The van der Waals surface area contributed by atoms with E-state index in [1.807, 2.05) is 0 Å². The maximum absolute atomic E-state index is 12.0. The lowest BCUT2D eigenvalue weighted by Crippen LogP contribution is -2.07. The molecule has 0 radical (unpaired) electrons. The van der Waals surface area contributed by atoms with Crippen molar-refractivity contribution >= 4 is 5.97 Å². The SMILES string of the molecule is CCCCCCCCOC(=O)c1cc(OC)c(O)c(OC)c1. The second kappa shape index (κ2) is 9.92. The Morgan fingerprint density at radius 2 is 1.55 bits per heavy atom. The molecule has 0 fully saturated rings. The predicted molar refractivity (Wildman–Crippen MR) is 84.9 cm³/mol. The second-order valence-corrected chi connectivity index (χ2v) is 5.13. The lowest BCUT2D eigenvalue weighted by atomic mass is 10.1. The van der Waals surface area contributed by atoms with Gasteiger partial charge in [-0.25, -0.2) is 4.79 Å². The molecule has 0 aliphatic carbocycles.